The zero-order valence-corrected chi connectivity index (χ0v) is 13.9. The van der Waals surface area contributed by atoms with Gasteiger partial charge < -0.3 is 10.0 Å². The molecular weight excluding hydrogens is 288 g/mol. The highest BCUT2D eigenvalue weighted by Crippen LogP contribution is 2.32. The first-order valence-corrected chi connectivity index (χ1v) is 8.64. The smallest absolute Gasteiger partial charge is 0.146 e. The molecule has 1 aromatic rings. The van der Waals surface area contributed by atoms with Crippen molar-refractivity contribution in [3.8, 4) is 6.07 Å². The van der Waals surface area contributed by atoms with Crippen LogP contribution in [0.15, 0.2) is 18.3 Å². The molecular formula is C18H26N4O. The first kappa shape index (κ1) is 16.2. The number of β-amino-alcohol motifs (C(OH)–C–C–N with tert-alkyl or cyclic N) is 1. The lowest BCUT2D eigenvalue weighted by molar-refractivity contribution is -0.0359. The van der Waals surface area contributed by atoms with Crippen molar-refractivity contribution in [3.05, 3.63) is 23.9 Å². The number of pyridine rings is 1. The van der Waals surface area contributed by atoms with Gasteiger partial charge in [-0.3, -0.25) is 4.90 Å². The van der Waals surface area contributed by atoms with Gasteiger partial charge >= 0.3 is 0 Å². The summed E-state index contributed by atoms with van der Waals surface area (Å²) in [5.41, 5.74) is 0.137. The number of nitriles is 1. The second kappa shape index (κ2) is 6.86. The molecule has 1 saturated carbocycles. The second-order valence-electron chi connectivity index (χ2n) is 7.16. The van der Waals surface area contributed by atoms with E-state index < -0.39 is 5.60 Å². The van der Waals surface area contributed by atoms with Gasteiger partial charge in [0.15, 0.2) is 0 Å². The van der Waals surface area contributed by atoms with E-state index in [0.29, 0.717) is 5.56 Å². The van der Waals surface area contributed by atoms with Gasteiger partial charge in [-0.25, -0.2) is 4.98 Å². The number of piperazine rings is 1. The Bertz CT molecular complexity index is 567. The van der Waals surface area contributed by atoms with Gasteiger partial charge in [0, 0.05) is 38.9 Å². The molecule has 0 bridgehead atoms. The van der Waals surface area contributed by atoms with Crippen LogP contribution < -0.4 is 4.90 Å². The molecule has 1 aliphatic heterocycles. The lowest BCUT2D eigenvalue weighted by Gasteiger charge is -2.42. The fourth-order valence-electron chi connectivity index (χ4n) is 3.73. The molecule has 1 aromatic heterocycles. The van der Waals surface area contributed by atoms with Gasteiger partial charge in [0.05, 0.1) is 11.2 Å². The van der Waals surface area contributed by atoms with Gasteiger partial charge in [0.2, 0.25) is 0 Å². The van der Waals surface area contributed by atoms with Crippen LogP contribution in [0.25, 0.3) is 0 Å². The SMILES string of the molecule is CC1CCC(O)(CN2CCN(c3ncccc3C#N)CC2)CC1. The average molecular weight is 314 g/mol. The maximum Gasteiger partial charge on any atom is 0.146 e. The fraction of sp³-hybridized carbons (Fsp3) is 0.667. The molecule has 0 spiro atoms. The monoisotopic (exact) mass is 314 g/mol. The Labute approximate surface area is 138 Å². The van der Waals surface area contributed by atoms with Crippen molar-refractivity contribution in [1.82, 2.24) is 9.88 Å². The zero-order valence-electron chi connectivity index (χ0n) is 13.9. The molecule has 5 nitrogen and oxygen atoms in total. The van der Waals surface area contributed by atoms with Crippen molar-refractivity contribution < 1.29 is 5.11 Å². The molecule has 1 aliphatic carbocycles. The molecule has 124 valence electrons. The maximum atomic E-state index is 10.8. The van der Waals surface area contributed by atoms with Crippen LogP contribution in [-0.2, 0) is 0 Å². The Hall–Kier alpha value is -1.64. The van der Waals surface area contributed by atoms with Gasteiger partial charge in [0.1, 0.15) is 11.9 Å². The van der Waals surface area contributed by atoms with Crippen LogP contribution in [-0.4, -0.2) is 53.3 Å². The van der Waals surface area contributed by atoms with Crippen molar-refractivity contribution in [2.45, 2.75) is 38.2 Å². The fourth-order valence-corrected chi connectivity index (χ4v) is 3.73. The zero-order chi connectivity index (χ0) is 16.3. The molecule has 2 aliphatic rings. The van der Waals surface area contributed by atoms with E-state index in [4.69, 9.17) is 0 Å². The normalized spacial score (nSPS) is 29.3. The number of rotatable bonds is 3. The number of aliphatic hydroxyl groups is 1. The summed E-state index contributed by atoms with van der Waals surface area (Å²) in [7, 11) is 0. The third kappa shape index (κ3) is 3.82. The van der Waals surface area contributed by atoms with Crippen molar-refractivity contribution >= 4 is 5.82 Å². The molecule has 3 rings (SSSR count). The van der Waals surface area contributed by atoms with Gasteiger partial charge in [-0.1, -0.05) is 6.92 Å². The van der Waals surface area contributed by atoms with Crippen molar-refractivity contribution in [1.29, 1.82) is 5.26 Å². The van der Waals surface area contributed by atoms with Crippen LogP contribution in [0.4, 0.5) is 5.82 Å². The number of aromatic nitrogens is 1. The van der Waals surface area contributed by atoms with Crippen molar-refractivity contribution in [2.75, 3.05) is 37.6 Å². The third-order valence-electron chi connectivity index (χ3n) is 5.30. The molecule has 2 fully saturated rings. The lowest BCUT2D eigenvalue weighted by atomic mass is 9.79. The Kier molecular flexibility index (Phi) is 4.84. The molecule has 0 atom stereocenters. The number of hydrogen-bond donors (Lipinski definition) is 1. The molecule has 1 saturated heterocycles. The molecule has 1 N–H and O–H groups in total. The number of anilines is 1. The molecule has 0 amide bonds. The van der Waals surface area contributed by atoms with Crippen LogP contribution in [0, 0.1) is 17.2 Å². The summed E-state index contributed by atoms with van der Waals surface area (Å²) >= 11 is 0. The third-order valence-corrected chi connectivity index (χ3v) is 5.30. The van der Waals surface area contributed by atoms with E-state index in [9.17, 15) is 10.4 Å². The first-order chi connectivity index (χ1) is 11.1. The van der Waals surface area contributed by atoms with Crippen LogP contribution in [0.3, 0.4) is 0 Å². The van der Waals surface area contributed by atoms with Gasteiger partial charge in [-0.15, -0.1) is 0 Å². The maximum absolute atomic E-state index is 10.8. The molecule has 2 heterocycles. The topological polar surface area (TPSA) is 63.4 Å². The van der Waals surface area contributed by atoms with Gasteiger partial charge in [-0.2, -0.15) is 5.26 Å². The summed E-state index contributed by atoms with van der Waals surface area (Å²) in [6.07, 6.45) is 5.86. The number of nitrogens with zero attached hydrogens (tertiary/aromatic N) is 4. The summed E-state index contributed by atoms with van der Waals surface area (Å²) in [4.78, 5) is 8.92. The van der Waals surface area contributed by atoms with E-state index in [1.807, 2.05) is 6.07 Å². The molecule has 5 heteroatoms. The van der Waals surface area contributed by atoms with E-state index in [1.54, 1.807) is 12.3 Å². The van der Waals surface area contributed by atoms with E-state index in [2.05, 4.69) is 27.8 Å². The summed E-state index contributed by atoms with van der Waals surface area (Å²) in [6, 6.07) is 5.85. The predicted octanol–water partition coefficient (Wildman–Crippen LogP) is 2.02. The molecule has 23 heavy (non-hydrogen) atoms. The van der Waals surface area contributed by atoms with Gasteiger partial charge in [-0.05, 0) is 43.7 Å². The van der Waals surface area contributed by atoms with E-state index in [1.165, 1.54) is 0 Å². The minimum absolute atomic E-state index is 0.502. The largest absolute Gasteiger partial charge is 0.389 e. The average Bonchev–Trinajstić information content (AvgIpc) is 2.58. The Balaban J connectivity index is 1.56. The standard InChI is InChI=1S/C18H26N4O/c1-15-4-6-18(23,7-5-15)14-21-9-11-22(12-10-21)17-16(13-19)3-2-8-20-17/h2-3,8,15,23H,4-7,9-12,14H2,1H3. The summed E-state index contributed by atoms with van der Waals surface area (Å²) in [6.45, 7) is 6.61. The number of hydrogen-bond acceptors (Lipinski definition) is 5. The molecule has 0 aromatic carbocycles. The van der Waals surface area contributed by atoms with E-state index in [-0.39, 0.29) is 0 Å². The van der Waals surface area contributed by atoms with Gasteiger partial charge in [0.25, 0.3) is 0 Å². The highest BCUT2D eigenvalue weighted by Gasteiger charge is 2.34. The highest BCUT2D eigenvalue weighted by molar-refractivity contribution is 5.53. The van der Waals surface area contributed by atoms with Crippen LogP contribution >= 0.6 is 0 Å². The minimum atomic E-state index is -0.502. The Morgan fingerprint density at radius 3 is 2.65 bits per heavy atom. The Morgan fingerprint density at radius 2 is 2.00 bits per heavy atom. The van der Waals surface area contributed by atoms with E-state index in [0.717, 1.165) is 70.1 Å². The van der Waals surface area contributed by atoms with Crippen molar-refractivity contribution in [3.63, 3.8) is 0 Å². The minimum Gasteiger partial charge on any atom is -0.389 e. The quantitative estimate of drug-likeness (QED) is 0.925. The van der Waals surface area contributed by atoms with Crippen LogP contribution in [0.1, 0.15) is 38.2 Å². The summed E-state index contributed by atoms with van der Waals surface area (Å²) < 4.78 is 0. The molecule has 0 radical (unpaired) electrons. The lowest BCUT2D eigenvalue weighted by Crippen LogP contribution is -2.53. The second-order valence-corrected chi connectivity index (χ2v) is 7.16. The summed E-state index contributed by atoms with van der Waals surface area (Å²) in [5.74, 6) is 1.54. The summed E-state index contributed by atoms with van der Waals surface area (Å²) in [5, 5.41) is 20.0. The van der Waals surface area contributed by atoms with Crippen molar-refractivity contribution in [2.24, 2.45) is 5.92 Å². The van der Waals surface area contributed by atoms with Crippen LogP contribution in [0.5, 0.6) is 0 Å². The highest BCUT2D eigenvalue weighted by atomic mass is 16.3. The first-order valence-electron chi connectivity index (χ1n) is 8.64. The molecule has 0 unspecified atom stereocenters. The Morgan fingerprint density at radius 1 is 1.30 bits per heavy atom. The predicted molar refractivity (Wildman–Crippen MR) is 90.2 cm³/mol. The van der Waals surface area contributed by atoms with E-state index >= 15 is 0 Å². The van der Waals surface area contributed by atoms with Crippen LogP contribution in [0.2, 0.25) is 0 Å².